The number of oxime groups is 1. The van der Waals surface area contributed by atoms with Gasteiger partial charge in [0.1, 0.15) is 6.61 Å². The van der Waals surface area contributed by atoms with Crippen molar-refractivity contribution in [2.24, 2.45) is 39.7 Å². The Bertz CT molecular complexity index is 773. The minimum absolute atomic E-state index is 0.0913. The van der Waals surface area contributed by atoms with Crippen LogP contribution in [0.25, 0.3) is 0 Å². The number of allylic oxidation sites excluding steroid dienone is 2. The average Bonchev–Trinajstić information content (AvgIpc) is 3.05. The summed E-state index contributed by atoms with van der Waals surface area (Å²) in [5.74, 6) is 1.05. The molecule has 0 radical (unpaired) electrons. The Balaban J connectivity index is 1.60. The van der Waals surface area contributed by atoms with Crippen LogP contribution in [0.15, 0.2) is 29.5 Å². The summed E-state index contributed by atoms with van der Waals surface area (Å²) in [5.41, 5.74) is 2.20. The van der Waals surface area contributed by atoms with Gasteiger partial charge in [-0.1, -0.05) is 30.7 Å². The third kappa shape index (κ3) is 3.29. The lowest BCUT2D eigenvalue weighted by molar-refractivity contribution is -0.142. The first-order chi connectivity index (χ1) is 14.2. The summed E-state index contributed by atoms with van der Waals surface area (Å²) < 4.78 is 0. The normalized spacial score (nSPS) is 45.8. The van der Waals surface area contributed by atoms with Crippen LogP contribution in [0, 0.1) is 34.5 Å². The van der Waals surface area contributed by atoms with Crippen molar-refractivity contribution in [2.75, 3.05) is 6.61 Å². The number of ketones is 1. The lowest BCUT2D eigenvalue weighted by Gasteiger charge is -2.57. The quantitative estimate of drug-likeness (QED) is 0.307. The van der Waals surface area contributed by atoms with Gasteiger partial charge >= 0.3 is 0 Å². The Morgan fingerprint density at radius 2 is 1.93 bits per heavy atom. The van der Waals surface area contributed by atoms with Gasteiger partial charge in [0, 0.05) is 18.3 Å². The van der Waals surface area contributed by atoms with Crippen LogP contribution in [0.2, 0.25) is 0 Å². The van der Waals surface area contributed by atoms with E-state index in [0.717, 1.165) is 37.8 Å². The highest BCUT2D eigenvalue weighted by atomic mass is 16.6. The topological polar surface area (TPSA) is 79.1 Å². The molecule has 0 aromatic carbocycles. The monoisotopic (exact) mass is 415 g/mol. The molecule has 0 aromatic rings. The van der Waals surface area contributed by atoms with E-state index in [-0.39, 0.29) is 22.5 Å². The average molecular weight is 416 g/mol. The van der Waals surface area contributed by atoms with Crippen LogP contribution in [-0.2, 0) is 9.63 Å². The van der Waals surface area contributed by atoms with E-state index < -0.39 is 12.2 Å². The number of rotatable bonds is 5. The molecule has 0 aliphatic heterocycles. The third-order valence-corrected chi connectivity index (χ3v) is 9.05. The zero-order valence-corrected chi connectivity index (χ0v) is 18.6. The fourth-order valence-corrected chi connectivity index (χ4v) is 7.43. The number of hydrogen-bond acceptors (Lipinski definition) is 5. The molecule has 2 N–H and O–H groups in total. The molecule has 0 spiro atoms. The fourth-order valence-electron chi connectivity index (χ4n) is 7.43. The molecule has 0 heterocycles. The number of carbonyl (C=O) groups is 1. The van der Waals surface area contributed by atoms with Gasteiger partial charge in [0.2, 0.25) is 0 Å². The third-order valence-electron chi connectivity index (χ3n) is 9.05. The molecule has 4 aliphatic carbocycles. The Morgan fingerprint density at radius 3 is 2.67 bits per heavy atom. The van der Waals surface area contributed by atoms with Gasteiger partial charge in [-0.15, -0.1) is 6.58 Å². The van der Waals surface area contributed by atoms with Crippen LogP contribution in [0.3, 0.4) is 0 Å². The Kier molecular flexibility index (Phi) is 5.73. The van der Waals surface area contributed by atoms with E-state index >= 15 is 0 Å². The number of aliphatic hydroxyl groups excluding tert-OH is 2. The molecule has 0 bridgehead atoms. The standard InChI is InChI=1S/C25H37NO4/c1-5-6-11-30-26-15(2)17-7-8-18-16-12-21(27)20-13-22(28)23(29)14-25(20,4)19(16)9-10-24(17,18)3/h5,12,17-20,22-23,28-29H,1,6-11,13-14H2,2-4H3. The predicted molar refractivity (Wildman–Crippen MR) is 117 cm³/mol. The van der Waals surface area contributed by atoms with Gasteiger partial charge in [0.25, 0.3) is 0 Å². The van der Waals surface area contributed by atoms with Crippen molar-refractivity contribution in [3.8, 4) is 0 Å². The highest BCUT2D eigenvalue weighted by Crippen LogP contribution is 2.65. The van der Waals surface area contributed by atoms with Gasteiger partial charge in [0.05, 0.1) is 17.9 Å². The Morgan fingerprint density at radius 1 is 1.20 bits per heavy atom. The minimum atomic E-state index is -0.786. The van der Waals surface area contributed by atoms with E-state index in [2.05, 4.69) is 32.5 Å². The lowest BCUT2D eigenvalue weighted by Crippen LogP contribution is -2.55. The minimum Gasteiger partial charge on any atom is -0.396 e. The van der Waals surface area contributed by atoms with Crippen molar-refractivity contribution in [3.05, 3.63) is 24.3 Å². The molecule has 4 rings (SSSR count). The van der Waals surface area contributed by atoms with Gasteiger partial charge in [-0.05, 0) is 74.2 Å². The van der Waals surface area contributed by atoms with Gasteiger partial charge in [0.15, 0.2) is 5.78 Å². The summed E-state index contributed by atoms with van der Waals surface area (Å²) in [4.78, 5) is 18.6. The zero-order chi connectivity index (χ0) is 21.7. The van der Waals surface area contributed by atoms with Gasteiger partial charge < -0.3 is 15.1 Å². The maximum Gasteiger partial charge on any atom is 0.159 e. The molecule has 8 unspecified atom stereocenters. The molecular formula is C25H37NO4. The molecule has 4 aliphatic rings. The number of nitrogens with zero attached hydrogens (tertiary/aromatic N) is 1. The maximum absolute atomic E-state index is 13.1. The van der Waals surface area contributed by atoms with Crippen LogP contribution in [0.5, 0.6) is 0 Å². The molecule has 5 heteroatoms. The SMILES string of the molecule is C=CCCON=C(C)C1CCC2C3=CC(=O)C4CC(O)C(O)CC4(C)C3CCC21C. The first-order valence-electron chi connectivity index (χ1n) is 11.6. The summed E-state index contributed by atoms with van der Waals surface area (Å²) in [6, 6.07) is 0. The predicted octanol–water partition coefficient (Wildman–Crippen LogP) is 4.04. The highest BCUT2D eigenvalue weighted by molar-refractivity contribution is 5.95. The van der Waals surface area contributed by atoms with Gasteiger partial charge in [-0.2, -0.15) is 0 Å². The molecular weight excluding hydrogens is 378 g/mol. The number of hydrogen-bond donors (Lipinski definition) is 2. The summed E-state index contributed by atoms with van der Waals surface area (Å²) in [7, 11) is 0. The molecule has 0 aromatic heterocycles. The van der Waals surface area contributed by atoms with Crippen molar-refractivity contribution in [1.82, 2.24) is 0 Å². The van der Waals surface area contributed by atoms with Crippen molar-refractivity contribution in [1.29, 1.82) is 0 Å². The van der Waals surface area contributed by atoms with Crippen molar-refractivity contribution in [3.63, 3.8) is 0 Å². The van der Waals surface area contributed by atoms with Crippen LogP contribution >= 0.6 is 0 Å². The van der Waals surface area contributed by atoms with E-state index in [1.807, 2.05) is 12.2 Å². The fraction of sp³-hybridized carbons (Fsp3) is 0.760. The summed E-state index contributed by atoms with van der Waals surface area (Å²) in [6.07, 6.45) is 8.20. The molecule has 0 amide bonds. The van der Waals surface area contributed by atoms with Crippen molar-refractivity contribution >= 4 is 11.5 Å². The maximum atomic E-state index is 13.1. The second-order valence-corrected chi connectivity index (χ2v) is 10.6. The van der Waals surface area contributed by atoms with Gasteiger partial charge in [-0.3, -0.25) is 4.79 Å². The zero-order valence-electron chi connectivity index (χ0n) is 18.6. The second kappa shape index (κ2) is 7.90. The first kappa shape index (κ1) is 21.8. The molecule has 5 nitrogen and oxygen atoms in total. The first-order valence-corrected chi connectivity index (χ1v) is 11.6. The molecule has 3 fully saturated rings. The van der Waals surface area contributed by atoms with Gasteiger partial charge in [-0.25, -0.2) is 0 Å². The molecule has 0 saturated heterocycles. The van der Waals surface area contributed by atoms with E-state index in [1.54, 1.807) is 0 Å². The summed E-state index contributed by atoms with van der Waals surface area (Å²) >= 11 is 0. The van der Waals surface area contributed by atoms with E-state index in [1.165, 1.54) is 5.57 Å². The van der Waals surface area contributed by atoms with Crippen LogP contribution in [0.4, 0.5) is 0 Å². The van der Waals surface area contributed by atoms with Crippen LogP contribution in [-0.4, -0.2) is 40.5 Å². The lowest BCUT2D eigenvalue weighted by atomic mass is 9.47. The number of carbonyl (C=O) groups excluding carboxylic acids is 1. The Labute approximate surface area is 180 Å². The summed E-state index contributed by atoms with van der Waals surface area (Å²) in [5, 5.41) is 25.0. The smallest absolute Gasteiger partial charge is 0.159 e. The van der Waals surface area contributed by atoms with Crippen molar-refractivity contribution in [2.45, 2.75) is 77.9 Å². The van der Waals surface area contributed by atoms with Crippen LogP contribution < -0.4 is 0 Å². The Hall–Kier alpha value is -1.46. The van der Waals surface area contributed by atoms with E-state index in [0.29, 0.717) is 37.2 Å². The molecule has 166 valence electrons. The van der Waals surface area contributed by atoms with E-state index in [9.17, 15) is 15.0 Å². The van der Waals surface area contributed by atoms with E-state index in [4.69, 9.17) is 4.84 Å². The highest BCUT2D eigenvalue weighted by Gasteiger charge is 2.60. The second-order valence-electron chi connectivity index (χ2n) is 10.6. The van der Waals surface area contributed by atoms with Crippen molar-refractivity contribution < 1.29 is 19.8 Å². The van der Waals surface area contributed by atoms with Crippen LogP contribution in [0.1, 0.15) is 65.7 Å². The largest absolute Gasteiger partial charge is 0.396 e. The molecule has 30 heavy (non-hydrogen) atoms. The summed E-state index contributed by atoms with van der Waals surface area (Å²) in [6.45, 7) is 10.9. The number of aliphatic hydroxyl groups is 2. The molecule has 8 atom stereocenters. The number of fused-ring (bicyclic) bond motifs is 5. The molecule has 3 saturated carbocycles.